The molecule has 2 heterocycles. The number of nitrogens with one attached hydrogen (secondary N) is 2. The van der Waals surface area contributed by atoms with E-state index < -0.39 is 6.04 Å². The summed E-state index contributed by atoms with van der Waals surface area (Å²) in [6.07, 6.45) is 1.72. The molecule has 3 rings (SSSR count). The van der Waals surface area contributed by atoms with Gasteiger partial charge in [0.2, 0.25) is 5.91 Å². The Bertz CT molecular complexity index is 852. The van der Waals surface area contributed by atoms with Gasteiger partial charge in [-0.15, -0.1) is 0 Å². The van der Waals surface area contributed by atoms with Crippen molar-refractivity contribution in [2.45, 2.75) is 13.0 Å². The largest absolute Gasteiger partial charge is 0.357 e. The number of benzene rings is 1. The maximum Gasteiger partial charge on any atom is 0.246 e. The molecule has 0 radical (unpaired) electrons. The Morgan fingerprint density at radius 3 is 2.44 bits per heavy atom. The van der Waals surface area contributed by atoms with Crippen molar-refractivity contribution in [1.29, 1.82) is 0 Å². The molecule has 0 spiro atoms. The predicted octanol–water partition coefficient (Wildman–Crippen LogP) is 2.75. The van der Waals surface area contributed by atoms with Crippen molar-refractivity contribution >= 4 is 11.7 Å². The second-order valence-corrected chi connectivity index (χ2v) is 5.50. The number of aryl methyl sites for hydroxylation is 1. The SMILES string of the molecule is CNC(=O)[C@H](Nc1cc(-c2ccccn2)nc(C)n1)c1ccccc1. The first-order chi connectivity index (χ1) is 12.2. The van der Waals surface area contributed by atoms with Crippen molar-refractivity contribution in [3.8, 4) is 11.4 Å². The van der Waals surface area contributed by atoms with E-state index in [1.165, 1.54) is 0 Å². The molecule has 1 amide bonds. The monoisotopic (exact) mass is 333 g/mol. The van der Waals surface area contributed by atoms with Gasteiger partial charge in [-0.2, -0.15) is 0 Å². The second-order valence-electron chi connectivity index (χ2n) is 5.50. The minimum atomic E-state index is -0.544. The van der Waals surface area contributed by atoms with Gasteiger partial charge in [0.25, 0.3) is 0 Å². The number of aromatic nitrogens is 3. The number of rotatable bonds is 5. The average molecular weight is 333 g/mol. The van der Waals surface area contributed by atoms with E-state index >= 15 is 0 Å². The van der Waals surface area contributed by atoms with Crippen LogP contribution in [0.4, 0.5) is 5.82 Å². The van der Waals surface area contributed by atoms with Gasteiger partial charge in [-0.1, -0.05) is 36.4 Å². The van der Waals surface area contributed by atoms with Crippen molar-refractivity contribution < 1.29 is 4.79 Å². The van der Waals surface area contributed by atoms with Gasteiger partial charge in [-0.25, -0.2) is 9.97 Å². The molecule has 0 saturated heterocycles. The van der Waals surface area contributed by atoms with Gasteiger partial charge in [-0.05, 0) is 24.6 Å². The second kappa shape index (κ2) is 7.53. The number of hydrogen-bond acceptors (Lipinski definition) is 5. The van der Waals surface area contributed by atoms with E-state index in [1.807, 2.05) is 55.5 Å². The first-order valence-corrected chi connectivity index (χ1v) is 7.97. The van der Waals surface area contributed by atoms with Gasteiger partial charge >= 0.3 is 0 Å². The third kappa shape index (κ3) is 3.98. The Morgan fingerprint density at radius 2 is 1.76 bits per heavy atom. The van der Waals surface area contributed by atoms with Crippen molar-refractivity contribution in [3.05, 3.63) is 72.2 Å². The quantitative estimate of drug-likeness (QED) is 0.750. The maximum atomic E-state index is 12.3. The summed E-state index contributed by atoms with van der Waals surface area (Å²) in [5, 5.41) is 5.89. The van der Waals surface area contributed by atoms with Crippen LogP contribution in [0.2, 0.25) is 0 Å². The molecule has 0 aliphatic carbocycles. The molecule has 3 aromatic rings. The van der Waals surface area contributed by atoms with E-state index in [0.29, 0.717) is 17.3 Å². The van der Waals surface area contributed by atoms with Crippen LogP contribution in [-0.4, -0.2) is 27.9 Å². The fourth-order valence-corrected chi connectivity index (χ4v) is 2.53. The topological polar surface area (TPSA) is 79.8 Å². The zero-order chi connectivity index (χ0) is 17.6. The molecule has 0 aliphatic rings. The van der Waals surface area contributed by atoms with Gasteiger partial charge in [0.05, 0.1) is 11.4 Å². The lowest BCUT2D eigenvalue weighted by molar-refractivity contribution is -0.121. The Hall–Kier alpha value is -3.28. The first kappa shape index (κ1) is 16.6. The summed E-state index contributed by atoms with van der Waals surface area (Å²) < 4.78 is 0. The molecule has 0 bridgehead atoms. The zero-order valence-electron chi connectivity index (χ0n) is 14.1. The normalized spacial score (nSPS) is 11.6. The van der Waals surface area contributed by atoms with E-state index in [0.717, 1.165) is 11.3 Å². The third-order valence-corrected chi connectivity index (χ3v) is 3.70. The molecule has 6 heteroatoms. The number of pyridine rings is 1. The maximum absolute atomic E-state index is 12.3. The number of hydrogen-bond donors (Lipinski definition) is 2. The molecule has 1 atom stereocenters. The molecule has 0 unspecified atom stereocenters. The summed E-state index contributed by atoms with van der Waals surface area (Å²) in [4.78, 5) is 25.5. The number of carbonyl (C=O) groups excluding carboxylic acids is 1. The molecule has 2 aromatic heterocycles. The van der Waals surface area contributed by atoms with E-state index in [9.17, 15) is 4.79 Å². The molecule has 0 saturated carbocycles. The first-order valence-electron chi connectivity index (χ1n) is 7.97. The zero-order valence-corrected chi connectivity index (χ0v) is 14.1. The summed E-state index contributed by atoms with van der Waals surface area (Å²) in [6.45, 7) is 1.81. The molecule has 6 nitrogen and oxygen atoms in total. The highest BCUT2D eigenvalue weighted by Crippen LogP contribution is 2.22. The van der Waals surface area contributed by atoms with E-state index in [1.54, 1.807) is 19.3 Å². The van der Waals surface area contributed by atoms with Crippen LogP contribution in [0.15, 0.2) is 60.8 Å². The molecular weight excluding hydrogens is 314 g/mol. The van der Waals surface area contributed by atoms with Crippen molar-refractivity contribution in [2.24, 2.45) is 0 Å². The van der Waals surface area contributed by atoms with Crippen molar-refractivity contribution in [1.82, 2.24) is 20.3 Å². The highest BCUT2D eigenvalue weighted by molar-refractivity contribution is 5.85. The molecule has 0 aliphatic heterocycles. The lowest BCUT2D eigenvalue weighted by Crippen LogP contribution is -2.31. The standard InChI is InChI=1S/C19H19N5O/c1-13-22-16(15-10-6-7-11-21-15)12-17(23-13)24-18(19(25)20-2)14-8-4-3-5-9-14/h3-12,18H,1-2H3,(H,20,25)(H,22,23,24)/t18-/m1/s1. The van der Waals surface area contributed by atoms with Gasteiger partial charge in [0.15, 0.2) is 0 Å². The fourth-order valence-electron chi connectivity index (χ4n) is 2.53. The third-order valence-electron chi connectivity index (χ3n) is 3.70. The van der Waals surface area contributed by atoms with Crippen LogP contribution < -0.4 is 10.6 Å². The molecule has 2 N–H and O–H groups in total. The van der Waals surface area contributed by atoms with E-state index in [-0.39, 0.29) is 5.91 Å². The summed E-state index contributed by atoms with van der Waals surface area (Å²) in [5.74, 6) is 1.04. The smallest absolute Gasteiger partial charge is 0.246 e. The minimum absolute atomic E-state index is 0.137. The fraction of sp³-hybridized carbons (Fsp3) is 0.158. The van der Waals surface area contributed by atoms with Crippen LogP contribution >= 0.6 is 0 Å². The van der Waals surface area contributed by atoms with Gasteiger partial charge in [0.1, 0.15) is 17.7 Å². The Morgan fingerprint density at radius 1 is 1.00 bits per heavy atom. The predicted molar refractivity (Wildman–Crippen MR) is 96.9 cm³/mol. The van der Waals surface area contributed by atoms with Crippen LogP contribution in [0.1, 0.15) is 17.4 Å². The summed E-state index contributed by atoms with van der Waals surface area (Å²) >= 11 is 0. The van der Waals surface area contributed by atoms with Crippen LogP contribution in [0.25, 0.3) is 11.4 Å². The van der Waals surface area contributed by atoms with Crippen LogP contribution in [0.3, 0.4) is 0 Å². The molecule has 25 heavy (non-hydrogen) atoms. The van der Waals surface area contributed by atoms with Crippen LogP contribution in [0, 0.1) is 6.92 Å². The summed E-state index contributed by atoms with van der Waals surface area (Å²) in [6, 6.07) is 16.4. The highest BCUT2D eigenvalue weighted by Gasteiger charge is 2.20. The average Bonchev–Trinajstić information content (AvgIpc) is 2.66. The molecule has 126 valence electrons. The number of amides is 1. The van der Waals surface area contributed by atoms with Gasteiger partial charge in [0, 0.05) is 19.3 Å². The number of carbonyl (C=O) groups is 1. The molecular formula is C19H19N5O. The summed E-state index contributed by atoms with van der Waals surface area (Å²) in [7, 11) is 1.62. The Labute approximate surface area is 146 Å². The van der Waals surface area contributed by atoms with Gasteiger partial charge in [-0.3, -0.25) is 9.78 Å². The molecule has 1 aromatic carbocycles. The summed E-state index contributed by atoms with van der Waals surface area (Å²) in [5.41, 5.74) is 2.32. The number of likely N-dealkylation sites (N-methyl/N-ethyl adjacent to an activating group) is 1. The van der Waals surface area contributed by atoms with Crippen LogP contribution in [0.5, 0.6) is 0 Å². The highest BCUT2D eigenvalue weighted by atomic mass is 16.2. The van der Waals surface area contributed by atoms with Crippen LogP contribution in [-0.2, 0) is 4.79 Å². The van der Waals surface area contributed by atoms with Crippen molar-refractivity contribution in [3.63, 3.8) is 0 Å². The van der Waals surface area contributed by atoms with E-state index in [2.05, 4.69) is 25.6 Å². The number of anilines is 1. The van der Waals surface area contributed by atoms with Crippen molar-refractivity contribution in [2.75, 3.05) is 12.4 Å². The lowest BCUT2D eigenvalue weighted by atomic mass is 10.1. The Balaban J connectivity index is 1.95. The van der Waals surface area contributed by atoms with E-state index in [4.69, 9.17) is 0 Å². The molecule has 0 fully saturated rings. The lowest BCUT2D eigenvalue weighted by Gasteiger charge is -2.19. The Kier molecular flexibility index (Phi) is 4.99. The number of nitrogens with zero attached hydrogens (tertiary/aromatic N) is 3. The van der Waals surface area contributed by atoms with Gasteiger partial charge < -0.3 is 10.6 Å². The minimum Gasteiger partial charge on any atom is -0.357 e.